The van der Waals surface area contributed by atoms with Crippen molar-refractivity contribution in [2.75, 3.05) is 6.54 Å². The number of rotatable bonds is 7. The first-order valence-electron chi connectivity index (χ1n) is 6.82. The molecule has 0 spiro atoms. The first kappa shape index (κ1) is 14.3. The lowest BCUT2D eigenvalue weighted by atomic mass is 10.2. The highest BCUT2D eigenvalue weighted by atomic mass is 32.1. The molecule has 5 nitrogen and oxygen atoms in total. The lowest BCUT2D eigenvalue weighted by Crippen LogP contribution is -2.39. The van der Waals surface area contributed by atoms with Crippen molar-refractivity contribution in [2.24, 2.45) is 5.92 Å². The molecule has 1 aromatic rings. The van der Waals surface area contributed by atoms with E-state index in [1.807, 2.05) is 12.3 Å². The fourth-order valence-corrected chi connectivity index (χ4v) is 2.73. The maximum Gasteiger partial charge on any atom is 0.315 e. The second kappa shape index (κ2) is 6.86. The minimum atomic E-state index is -0.335. The van der Waals surface area contributed by atoms with Gasteiger partial charge in [-0.3, -0.25) is 0 Å². The van der Waals surface area contributed by atoms with Crippen LogP contribution in [0.2, 0.25) is 0 Å². The van der Waals surface area contributed by atoms with Gasteiger partial charge in [-0.25, -0.2) is 9.78 Å². The van der Waals surface area contributed by atoms with Crippen molar-refractivity contribution < 1.29 is 9.90 Å². The summed E-state index contributed by atoms with van der Waals surface area (Å²) in [6.45, 7) is 2.42. The molecule has 2 rings (SSSR count). The van der Waals surface area contributed by atoms with Crippen molar-refractivity contribution in [3.8, 4) is 0 Å². The van der Waals surface area contributed by atoms with Gasteiger partial charge >= 0.3 is 6.03 Å². The van der Waals surface area contributed by atoms with Crippen molar-refractivity contribution in [3.63, 3.8) is 0 Å². The summed E-state index contributed by atoms with van der Waals surface area (Å²) in [7, 11) is 0. The van der Waals surface area contributed by atoms with E-state index in [1.165, 1.54) is 0 Å². The number of amides is 2. The summed E-state index contributed by atoms with van der Waals surface area (Å²) >= 11 is 1.58. The number of carbonyl (C=O) groups is 1. The van der Waals surface area contributed by atoms with Gasteiger partial charge in [0.05, 0.1) is 12.1 Å². The fourth-order valence-electron chi connectivity index (χ4n) is 1.95. The highest BCUT2D eigenvalue weighted by molar-refractivity contribution is 7.09. The quantitative estimate of drug-likeness (QED) is 0.717. The molecule has 0 radical (unpaired) electrons. The predicted octanol–water partition coefficient (Wildman–Crippen LogP) is 2.05. The summed E-state index contributed by atoms with van der Waals surface area (Å²) < 4.78 is 0. The molecular formula is C13H21N3O2S. The molecule has 1 aliphatic rings. The van der Waals surface area contributed by atoms with Crippen molar-refractivity contribution >= 4 is 17.4 Å². The molecule has 0 bridgehead atoms. The van der Waals surface area contributed by atoms with E-state index in [-0.39, 0.29) is 18.2 Å². The van der Waals surface area contributed by atoms with Gasteiger partial charge in [0.2, 0.25) is 0 Å². The standard InChI is InChI=1S/C13H21N3O2S/c1-2-10(17)5-6-15-13(18)16-11(9-3-4-9)12-14-7-8-19-12/h7-11,17H,2-6H2,1H3,(H2,15,16,18). The lowest BCUT2D eigenvalue weighted by molar-refractivity contribution is 0.160. The molecule has 0 aliphatic heterocycles. The zero-order valence-corrected chi connectivity index (χ0v) is 11.9. The fraction of sp³-hybridized carbons (Fsp3) is 0.692. The Bertz CT molecular complexity index is 393. The number of nitrogens with one attached hydrogen (secondary N) is 2. The van der Waals surface area contributed by atoms with Gasteiger partial charge in [-0.05, 0) is 31.6 Å². The van der Waals surface area contributed by atoms with Gasteiger partial charge in [0, 0.05) is 18.1 Å². The zero-order chi connectivity index (χ0) is 13.7. The monoisotopic (exact) mass is 283 g/mol. The Morgan fingerprint density at radius 2 is 2.42 bits per heavy atom. The van der Waals surface area contributed by atoms with Crippen molar-refractivity contribution in [3.05, 3.63) is 16.6 Å². The molecule has 19 heavy (non-hydrogen) atoms. The minimum Gasteiger partial charge on any atom is -0.393 e. The largest absolute Gasteiger partial charge is 0.393 e. The average Bonchev–Trinajstić information content (AvgIpc) is 3.10. The Labute approximate surface area is 117 Å². The average molecular weight is 283 g/mol. The third-order valence-corrected chi connectivity index (χ3v) is 4.19. The molecule has 2 unspecified atom stereocenters. The number of aliphatic hydroxyl groups is 1. The molecule has 6 heteroatoms. The second-order valence-corrected chi connectivity index (χ2v) is 5.86. The third-order valence-electron chi connectivity index (χ3n) is 3.33. The van der Waals surface area contributed by atoms with E-state index < -0.39 is 0 Å². The van der Waals surface area contributed by atoms with Crippen LogP contribution in [-0.4, -0.2) is 28.8 Å². The van der Waals surface area contributed by atoms with Crippen LogP contribution >= 0.6 is 11.3 Å². The number of hydrogen-bond donors (Lipinski definition) is 3. The Hall–Kier alpha value is -1.14. The van der Waals surface area contributed by atoms with Gasteiger partial charge < -0.3 is 15.7 Å². The van der Waals surface area contributed by atoms with E-state index in [4.69, 9.17) is 0 Å². The normalized spacial score (nSPS) is 17.8. The van der Waals surface area contributed by atoms with Gasteiger partial charge in [0.1, 0.15) is 5.01 Å². The molecule has 1 saturated carbocycles. The number of thiazole rings is 1. The predicted molar refractivity (Wildman–Crippen MR) is 75.0 cm³/mol. The Morgan fingerprint density at radius 1 is 1.63 bits per heavy atom. The summed E-state index contributed by atoms with van der Waals surface area (Å²) in [4.78, 5) is 16.1. The topological polar surface area (TPSA) is 74.2 Å². The Balaban J connectivity index is 1.76. The molecule has 1 heterocycles. The van der Waals surface area contributed by atoms with Crippen LogP contribution in [0.1, 0.15) is 43.7 Å². The van der Waals surface area contributed by atoms with E-state index in [0.29, 0.717) is 25.3 Å². The summed E-state index contributed by atoms with van der Waals surface area (Å²) in [5.41, 5.74) is 0. The SMILES string of the molecule is CCC(O)CCNC(=O)NC(c1nccs1)C1CC1. The molecule has 106 valence electrons. The van der Waals surface area contributed by atoms with E-state index in [2.05, 4.69) is 15.6 Å². The van der Waals surface area contributed by atoms with E-state index in [1.54, 1.807) is 17.5 Å². The number of carbonyl (C=O) groups excluding carboxylic acids is 1. The van der Waals surface area contributed by atoms with Gasteiger partial charge in [-0.2, -0.15) is 0 Å². The molecular weight excluding hydrogens is 262 g/mol. The molecule has 0 saturated heterocycles. The molecule has 2 atom stereocenters. The summed E-state index contributed by atoms with van der Waals surface area (Å²) in [6, 6.07) is -0.133. The maximum absolute atomic E-state index is 11.8. The van der Waals surface area contributed by atoms with E-state index in [0.717, 1.165) is 17.8 Å². The van der Waals surface area contributed by atoms with Crippen LogP contribution in [0.25, 0.3) is 0 Å². The Morgan fingerprint density at radius 3 is 3.00 bits per heavy atom. The molecule has 0 aromatic carbocycles. The van der Waals surface area contributed by atoms with E-state index in [9.17, 15) is 9.90 Å². The first-order chi connectivity index (χ1) is 9.20. The number of urea groups is 1. The second-order valence-electron chi connectivity index (χ2n) is 4.94. The number of nitrogens with zero attached hydrogens (tertiary/aromatic N) is 1. The van der Waals surface area contributed by atoms with Crippen LogP contribution in [0.5, 0.6) is 0 Å². The number of hydrogen-bond acceptors (Lipinski definition) is 4. The van der Waals surface area contributed by atoms with Gasteiger partial charge in [-0.1, -0.05) is 6.92 Å². The summed E-state index contributed by atoms with van der Waals surface area (Å²) in [5, 5.41) is 18.1. The highest BCUT2D eigenvalue weighted by Gasteiger charge is 2.34. The smallest absolute Gasteiger partial charge is 0.315 e. The molecule has 2 amide bonds. The van der Waals surface area contributed by atoms with Crippen LogP contribution in [-0.2, 0) is 0 Å². The zero-order valence-electron chi connectivity index (χ0n) is 11.1. The van der Waals surface area contributed by atoms with Crippen molar-refractivity contribution in [1.29, 1.82) is 0 Å². The molecule has 1 aliphatic carbocycles. The molecule has 1 aromatic heterocycles. The van der Waals surface area contributed by atoms with Crippen molar-refractivity contribution in [2.45, 2.75) is 44.8 Å². The van der Waals surface area contributed by atoms with Crippen LogP contribution in [0, 0.1) is 5.92 Å². The van der Waals surface area contributed by atoms with Crippen LogP contribution < -0.4 is 10.6 Å². The van der Waals surface area contributed by atoms with Crippen LogP contribution in [0.15, 0.2) is 11.6 Å². The maximum atomic E-state index is 11.8. The third kappa shape index (κ3) is 4.47. The Kier molecular flexibility index (Phi) is 5.15. The first-order valence-corrected chi connectivity index (χ1v) is 7.70. The van der Waals surface area contributed by atoms with E-state index >= 15 is 0 Å². The number of aromatic nitrogens is 1. The highest BCUT2D eigenvalue weighted by Crippen LogP contribution is 2.41. The van der Waals surface area contributed by atoms with Crippen molar-refractivity contribution in [1.82, 2.24) is 15.6 Å². The van der Waals surface area contributed by atoms with Gasteiger partial charge in [0.15, 0.2) is 0 Å². The van der Waals surface area contributed by atoms with Gasteiger partial charge in [0.25, 0.3) is 0 Å². The number of aliphatic hydroxyl groups excluding tert-OH is 1. The molecule has 1 fully saturated rings. The lowest BCUT2D eigenvalue weighted by Gasteiger charge is -2.17. The summed E-state index contributed by atoms with van der Waals surface area (Å²) in [5.74, 6) is 0.526. The molecule has 3 N–H and O–H groups in total. The van der Waals surface area contributed by atoms with Crippen LogP contribution in [0.4, 0.5) is 4.79 Å². The van der Waals surface area contributed by atoms with Crippen LogP contribution in [0.3, 0.4) is 0 Å². The van der Waals surface area contributed by atoms with Gasteiger partial charge in [-0.15, -0.1) is 11.3 Å². The summed E-state index contributed by atoms with van der Waals surface area (Å²) in [6.07, 6.45) is 5.05. The minimum absolute atomic E-state index is 0.0381.